The van der Waals surface area contributed by atoms with E-state index >= 15 is 4.39 Å². The first kappa shape index (κ1) is 33.7. The Morgan fingerprint density at radius 3 is 2.54 bits per heavy atom. The maximum Gasteiger partial charge on any atom is 0.252 e. The SMILES string of the molecule is [C-]#[N+]C(=CC(C)(C)N1CCN(C2(C)COC2)CC1)C(=O)N1CCC[C@@H](n2nc(-c3ccc(Oc4ccccc4)cc3F)c3c(N)nccc32)C1. The van der Waals surface area contributed by atoms with Crippen LogP contribution in [-0.4, -0.2) is 98.9 Å². The van der Waals surface area contributed by atoms with Crippen LogP contribution in [0.5, 0.6) is 11.5 Å². The number of pyridine rings is 1. The van der Waals surface area contributed by atoms with Crippen LogP contribution in [0.3, 0.4) is 0 Å². The zero-order valence-corrected chi connectivity index (χ0v) is 28.8. The van der Waals surface area contributed by atoms with Crippen LogP contribution in [0.4, 0.5) is 10.2 Å². The van der Waals surface area contributed by atoms with Crippen molar-refractivity contribution in [1.82, 2.24) is 29.5 Å². The average molecular weight is 679 g/mol. The number of likely N-dealkylation sites (tertiary alicyclic amines) is 1. The van der Waals surface area contributed by atoms with Crippen molar-refractivity contribution in [3.05, 3.63) is 89.8 Å². The van der Waals surface area contributed by atoms with Crippen LogP contribution in [0, 0.1) is 12.4 Å². The predicted octanol–water partition coefficient (Wildman–Crippen LogP) is 5.76. The molecule has 11 nitrogen and oxygen atoms in total. The van der Waals surface area contributed by atoms with Crippen LogP contribution >= 0.6 is 0 Å². The summed E-state index contributed by atoms with van der Waals surface area (Å²) in [5.41, 5.74) is 7.49. The number of nitrogens with zero attached hydrogens (tertiary/aromatic N) is 7. The fraction of sp³-hybridized carbons (Fsp3) is 0.421. The summed E-state index contributed by atoms with van der Waals surface area (Å²) in [5.74, 6) is 0.421. The molecule has 12 heteroatoms. The lowest BCUT2D eigenvalue weighted by atomic mass is 9.94. The third kappa shape index (κ3) is 6.44. The molecule has 0 spiro atoms. The van der Waals surface area contributed by atoms with E-state index in [2.05, 4.69) is 40.4 Å². The fourth-order valence-corrected chi connectivity index (χ4v) is 7.43. The quantitative estimate of drug-likeness (QED) is 0.185. The van der Waals surface area contributed by atoms with Crippen molar-refractivity contribution < 1.29 is 18.7 Å². The van der Waals surface area contributed by atoms with Crippen LogP contribution in [0.15, 0.2) is 72.6 Å². The summed E-state index contributed by atoms with van der Waals surface area (Å²) in [4.78, 5) is 28.5. The van der Waals surface area contributed by atoms with Gasteiger partial charge in [-0.25, -0.2) is 14.2 Å². The number of fused-ring (bicyclic) bond motifs is 1. The number of aromatic nitrogens is 3. The first-order chi connectivity index (χ1) is 24.1. The minimum absolute atomic E-state index is 0.105. The lowest BCUT2D eigenvalue weighted by Gasteiger charge is -2.52. The number of ether oxygens (including phenoxy) is 2. The summed E-state index contributed by atoms with van der Waals surface area (Å²) in [7, 11) is 0. The van der Waals surface area contributed by atoms with Gasteiger partial charge in [0.2, 0.25) is 5.70 Å². The maximum atomic E-state index is 15.7. The Kier molecular flexibility index (Phi) is 9.07. The molecule has 3 fully saturated rings. The van der Waals surface area contributed by atoms with E-state index in [4.69, 9.17) is 26.9 Å². The molecule has 1 amide bonds. The van der Waals surface area contributed by atoms with Crippen LogP contribution < -0.4 is 10.5 Å². The summed E-state index contributed by atoms with van der Waals surface area (Å²) in [6.45, 7) is 20.3. The topological polar surface area (TPSA) is 106 Å². The second kappa shape index (κ2) is 13.5. The van der Waals surface area contributed by atoms with Gasteiger partial charge in [-0.2, -0.15) is 5.10 Å². The number of nitrogen functional groups attached to an aromatic ring is 1. The van der Waals surface area contributed by atoms with E-state index in [1.54, 1.807) is 35.4 Å². The van der Waals surface area contributed by atoms with E-state index in [0.717, 1.165) is 52.2 Å². The molecule has 3 aliphatic heterocycles. The number of carbonyl (C=O) groups excluding carboxylic acids is 1. The van der Waals surface area contributed by atoms with Crippen molar-refractivity contribution in [1.29, 1.82) is 0 Å². The minimum atomic E-state index is -0.504. The Morgan fingerprint density at radius 1 is 1.10 bits per heavy atom. The van der Waals surface area contributed by atoms with Gasteiger partial charge in [-0.1, -0.05) is 24.3 Å². The minimum Gasteiger partial charge on any atom is -0.457 e. The van der Waals surface area contributed by atoms with Crippen LogP contribution in [0.2, 0.25) is 0 Å². The molecule has 2 aromatic carbocycles. The molecule has 50 heavy (non-hydrogen) atoms. The monoisotopic (exact) mass is 678 g/mol. The van der Waals surface area contributed by atoms with Gasteiger partial charge in [0.1, 0.15) is 28.8 Å². The van der Waals surface area contributed by atoms with Crippen molar-refractivity contribution in [2.45, 2.75) is 50.7 Å². The highest BCUT2D eigenvalue weighted by molar-refractivity contribution is 6.00. The highest BCUT2D eigenvalue weighted by Crippen LogP contribution is 2.37. The molecule has 1 atom stereocenters. The molecule has 0 saturated carbocycles. The van der Waals surface area contributed by atoms with Crippen molar-refractivity contribution >= 4 is 22.6 Å². The molecule has 0 aliphatic carbocycles. The number of piperazine rings is 1. The van der Waals surface area contributed by atoms with Gasteiger partial charge in [-0.3, -0.25) is 19.3 Å². The molecule has 0 unspecified atom stereocenters. The number of nitrogens with two attached hydrogens (primary N) is 1. The third-order valence-electron chi connectivity index (χ3n) is 10.4. The highest BCUT2D eigenvalue weighted by atomic mass is 19.1. The van der Waals surface area contributed by atoms with Gasteiger partial charge in [-0.05, 0) is 63.9 Å². The van der Waals surface area contributed by atoms with Gasteiger partial charge in [0.25, 0.3) is 5.91 Å². The van der Waals surface area contributed by atoms with Crippen molar-refractivity contribution in [3.8, 4) is 22.8 Å². The molecule has 0 bridgehead atoms. The fourth-order valence-electron chi connectivity index (χ4n) is 7.43. The highest BCUT2D eigenvalue weighted by Gasteiger charge is 2.42. The van der Waals surface area contributed by atoms with Crippen LogP contribution in [0.1, 0.15) is 39.7 Å². The van der Waals surface area contributed by atoms with Crippen molar-refractivity contribution in [2.75, 3.05) is 58.2 Å². The van der Waals surface area contributed by atoms with E-state index in [-0.39, 0.29) is 34.6 Å². The smallest absolute Gasteiger partial charge is 0.252 e. The summed E-state index contributed by atoms with van der Waals surface area (Å²) < 4.78 is 28.9. The van der Waals surface area contributed by atoms with Gasteiger partial charge < -0.3 is 20.1 Å². The second-order valence-electron chi connectivity index (χ2n) is 14.2. The zero-order valence-electron chi connectivity index (χ0n) is 28.8. The molecule has 3 saturated heterocycles. The van der Waals surface area contributed by atoms with Gasteiger partial charge in [0.05, 0.1) is 42.3 Å². The molecule has 5 heterocycles. The van der Waals surface area contributed by atoms with Gasteiger partial charge in [0, 0.05) is 62.6 Å². The molecule has 2 N–H and O–H groups in total. The number of amides is 1. The van der Waals surface area contributed by atoms with Gasteiger partial charge in [0.15, 0.2) is 0 Å². The predicted molar refractivity (Wildman–Crippen MR) is 190 cm³/mol. The number of rotatable bonds is 8. The van der Waals surface area contributed by atoms with Crippen LogP contribution in [-0.2, 0) is 9.53 Å². The third-order valence-corrected chi connectivity index (χ3v) is 10.4. The maximum absolute atomic E-state index is 15.7. The first-order valence-corrected chi connectivity index (χ1v) is 17.2. The number of benzene rings is 2. The van der Waals surface area contributed by atoms with Gasteiger partial charge in [-0.15, -0.1) is 0 Å². The number of hydrogen-bond donors (Lipinski definition) is 1. The molecular weight excluding hydrogens is 635 g/mol. The Labute approximate surface area is 291 Å². The zero-order chi connectivity index (χ0) is 35.0. The summed E-state index contributed by atoms with van der Waals surface area (Å²) in [6.07, 6.45) is 4.93. The number of piperidine rings is 1. The number of anilines is 1. The van der Waals surface area contributed by atoms with Crippen LogP contribution in [0.25, 0.3) is 27.0 Å². The molecular formula is C38H43FN8O3. The lowest BCUT2D eigenvalue weighted by molar-refractivity contribution is -0.142. The lowest BCUT2D eigenvalue weighted by Crippen LogP contribution is -2.66. The van der Waals surface area contributed by atoms with E-state index in [1.807, 2.05) is 35.0 Å². The molecule has 3 aliphatic rings. The van der Waals surface area contributed by atoms with E-state index in [1.165, 1.54) is 6.07 Å². The van der Waals surface area contributed by atoms with E-state index in [0.29, 0.717) is 41.2 Å². The summed E-state index contributed by atoms with van der Waals surface area (Å²) >= 11 is 0. The number of para-hydroxylation sites is 1. The Hall–Kier alpha value is -4.83. The number of halogens is 1. The standard InChI is InChI=1S/C38H43FN8O3/c1-37(2,45-17-19-46(20-18-45)38(3)24-49-25-38)22-31(41-4)36(48)44-16-8-9-26(23-44)47-32-14-15-42-35(40)33(32)34(43-47)29-13-12-28(21-30(29)39)50-27-10-6-5-7-11-27/h5-7,10-15,21-22,26H,8-9,16-20,23-25H2,1-3H3,(H2,40,42)/t26-/m1/s1. The van der Waals surface area contributed by atoms with Crippen molar-refractivity contribution in [2.24, 2.45) is 0 Å². The average Bonchev–Trinajstić information content (AvgIpc) is 3.50. The first-order valence-electron chi connectivity index (χ1n) is 17.2. The largest absolute Gasteiger partial charge is 0.457 e. The summed E-state index contributed by atoms with van der Waals surface area (Å²) in [5, 5.41) is 5.47. The number of hydrogen-bond acceptors (Lipinski definition) is 8. The van der Waals surface area contributed by atoms with Gasteiger partial charge >= 0.3 is 0 Å². The summed E-state index contributed by atoms with van der Waals surface area (Å²) in [6, 6.07) is 15.5. The normalized spacial score (nSPS) is 20.3. The second-order valence-corrected chi connectivity index (χ2v) is 14.2. The molecule has 260 valence electrons. The van der Waals surface area contributed by atoms with Crippen molar-refractivity contribution in [3.63, 3.8) is 0 Å². The molecule has 7 rings (SSSR count). The molecule has 2 aromatic heterocycles. The Balaban J connectivity index is 1.11. The van der Waals surface area contributed by atoms with E-state index in [9.17, 15) is 4.79 Å². The Bertz CT molecular complexity index is 1960. The number of carbonyl (C=O) groups is 1. The Morgan fingerprint density at radius 2 is 1.86 bits per heavy atom. The molecule has 4 aromatic rings. The van der Waals surface area contributed by atoms with E-state index < -0.39 is 11.4 Å². The molecule has 0 radical (unpaired) electrons.